The van der Waals surface area contributed by atoms with Crippen molar-refractivity contribution in [2.75, 3.05) is 13.0 Å². The van der Waals surface area contributed by atoms with Gasteiger partial charge < -0.3 is 14.2 Å². The molecule has 0 bridgehead atoms. The lowest BCUT2D eigenvalue weighted by Gasteiger charge is -2.21. The number of hydrogen-bond donors (Lipinski definition) is 0. The Hall–Kier alpha value is -2.80. The molecule has 7 heteroatoms. The number of hydrogen-bond acceptors (Lipinski definition) is 6. The molecule has 2 aromatic rings. The average Bonchev–Trinajstić information content (AvgIpc) is 3.14. The van der Waals surface area contributed by atoms with Crippen LogP contribution in [0.25, 0.3) is 11.1 Å². The number of esters is 1. The fourth-order valence-electron chi connectivity index (χ4n) is 3.41. The third-order valence-electron chi connectivity index (χ3n) is 4.64. The van der Waals surface area contributed by atoms with Crippen LogP contribution in [0, 0.1) is 0 Å². The molecule has 2 aliphatic rings. The van der Waals surface area contributed by atoms with Gasteiger partial charge in [-0.1, -0.05) is 18.2 Å². The molecule has 0 saturated carbocycles. The van der Waals surface area contributed by atoms with Crippen LogP contribution < -0.4 is 9.47 Å². The molecule has 6 nitrogen and oxygen atoms in total. The van der Waals surface area contributed by atoms with Gasteiger partial charge in [-0.25, -0.2) is 13.2 Å². The Kier molecular flexibility index (Phi) is 3.82. The number of carbonyl (C=O) groups is 1. The highest BCUT2D eigenvalue weighted by molar-refractivity contribution is 7.90. The molecule has 0 aliphatic carbocycles. The van der Waals surface area contributed by atoms with Crippen LogP contribution in [-0.2, 0) is 19.4 Å². The summed E-state index contributed by atoms with van der Waals surface area (Å²) in [6.07, 6.45) is 1.16. The summed E-state index contributed by atoms with van der Waals surface area (Å²) in [5.41, 5.74) is 1.68. The Bertz CT molecular complexity index is 1080. The third-order valence-corrected chi connectivity index (χ3v) is 5.76. The SMILES string of the molecule is CC1(C)OC(=O)C(c2ccc3c(c2)OCO3)=C1c1ccc(S(C)(=O)=O)cc1. The predicted octanol–water partition coefficient (Wildman–Crippen LogP) is 3.07. The number of benzene rings is 2. The molecule has 2 aromatic carbocycles. The lowest BCUT2D eigenvalue weighted by Crippen LogP contribution is -2.22. The van der Waals surface area contributed by atoms with Crippen LogP contribution in [0.1, 0.15) is 25.0 Å². The minimum absolute atomic E-state index is 0.146. The van der Waals surface area contributed by atoms with Crippen LogP contribution >= 0.6 is 0 Å². The van der Waals surface area contributed by atoms with Gasteiger partial charge in [0.2, 0.25) is 6.79 Å². The van der Waals surface area contributed by atoms with Crippen molar-refractivity contribution in [2.45, 2.75) is 24.3 Å². The van der Waals surface area contributed by atoms with E-state index in [0.29, 0.717) is 28.2 Å². The highest BCUT2D eigenvalue weighted by Crippen LogP contribution is 2.45. The Labute approximate surface area is 157 Å². The van der Waals surface area contributed by atoms with E-state index in [1.165, 1.54) is 12.1 Å². The minimum atomic E-state index is -3.30. The van der Waals surface area contributed by atoms with E-state index in [2.05, 4.69) is 0 Å². The molecule has 0 N–H and O–H groups in total. The van der Waals surface area contributed by atoms with Gasteiger partial charge in [0.25, 0.3) is 0 Å². The van der Waals surface area contributed by atoms with Crippen LogP contribution in [-0.4, -0.2) is 33.0 Å². The van der Waals surface area contributed by atoms with Crippen molar-refractivity contribution < 1.29 is 27.4 Å². The van der Waals surface area contributed by atoms with Crippen LogP contribution in [0.2, 0.25) is 0 Å². The first-order chi connectivity index (χ1) is 12.7. The first-order valence-electron chi connectivity index (χ1n) is 8.35. The van der Waals surface area contributed by atoms with Crippen molar-refractivity contribution in [1.82, 2.24) is 0 Å². The molecule has 27 heavy (non-hydrogen) atoms. The minimum Gasteiger partial charge on any atom is -0.454 e. The second kappa shape index (κ2) is 5.85. The highest BCUT2D eigenvalue weighted by Gasteiger charge is 2.42. The Morgan fingerprint density at radius 3 is 2.22 bits per heavy atom. The van der Waals surface area contributed by atoms with E-state index in [4.69, 9.17) is 14.2 Å². The van der Waals surface area contributed by atoms with E-state index in [0.717, 1.165) is 11.8 Å². The van der Waals surface area contributed by atoms with Crippen molar-refractivity contribution in [3.05, 3.63) is 53.6 Å². The van der Waals surface area contributed by atoms with Crippen molar-refractivity contribution in [3.63, 3.8) is 0 Å². The molecule has 0 aromatic heterocycles. The summed E-state index contributed by atoms with van der Waals surface area (Å²) in [7, 11) is -3.30. The zero-order valence-corrected chi connectivity index (χ0v) is 15.9. The molecular formula is C20H18O6S. The number of ether oxygens (including phenoxy) is 3. The topological polar surface area (TPSA) is 78.9 Å². The van der Waals surface area contributed by atoms with Gasteiger partial charge in [0.15, 0.2) is 21.3 Å². The van der Waals surface area contributed by atoms with E-state index in [1.807, 2.05) is 13.8 Å². The Morgan fingerprint density at radius 2 is 1.56 bits per heavy atom. The van der Waals surface area contributed by atoms with Gasteiger partial charge in [-0.3, -0.25) is 0 Å². The largest absolute Gasteiger partial charge is 0.454 e. The van der Waals surface area contributed by atoms with Crippen molar-refractivity contribution >= 4 is 27.0 Å². The van der Waals surface area contributed by atoms with Gasteiger partial charge in [-0.05, 0) is 49.2 Å². The van der Waals surface area contributed by atoms with Gasteiger partial charge >= 0.3 is 5.97 Å². The first kappa shape index (κ1) is 17.6. The summed E-state index contributed by atoms with van der Waals surface area (Å²) in [4.78, 5) is 12.9. The molecule has 0 atom stereocenters. The van der Waals surface area contributed by atoms with Crippen molar-refractivity contribution in [2.24, 2.45) is 0 Å². The maximum Gasteiger partial charge on any atom is 0.340 e. The molecule has 0 amide bonds. The van der Waals surface area contributed by atoms with Gasteiger partial charge in [0.1, 0.15) is 5.60 Å². The van der Waals surface area contributed by atoms with Gasteiger partial charge in [-0.15, -0.1) is 0 Å². The number of cyclic esters (lactones) is 1. The molecular weight excluding hydrogens is 368 g/mol. The van der Waals surface area contributed by atoms with Crippen molar-refractivity contribution in [1.29, 1.82) is 0 Å². The van der Waals surface area contributed by atoms with Gasteiger partial charge in [-0.2, -0.15) is 0 Å². The van der Waals surface area contributed by atoms with Crippen LogP contribution in [0.15, 0.2) is 47.4 Å². The third kappa shape index (κ3) is 2.98. The van der Waals surface area contributed by atoms with Crippen LogP contribution in [0.4, 0.5) is 0 Å². The molecule has 2 heterocycles. The van der Waals surface area contributed by atoms with Crippen LogP contribution in [0.5, 0.6) is 11.5 Å². The van der Waals surface area contributed by atoms with Gasteiger partial charge in [0, 0.05) is 11.8 Å². The molecule has 2 aliphatic heterocycles. The molecule has 0 unspecified atom stereocenters. The fourth-order valence-corrected chi connectivity index (χ4v) is 4.04. The van der Waals surface area contributed by atoms with E-state index in [9.17, 15) is 13.2 Å². The fraction of sp³-hybridized carbons (Fsp3) is 0.250. The monoisotopic (exact) mass is 386 g/mol. The molecule has 140 valence electrons. The number of carbonyl (C=O) groups excluding carboxylic acids is 1. The molecule has 0 saturated heterocycles. The lowest BCUT2D eigenvalue weighted by molar-refractivity contribution is -0.141. The van der Waals surface area contributed by atoms with E-state index in [1.54, 1.807) is 30.3 Å². The predicted molar refractivity (Wildman–Crippen MR) is 99.1 cm³/mol. The molecule has 0 spiro atoms. The summed E-state index contributed by atoms with van der Waals surface area (Å²) in [6, 6.07) is 11.8. The zero-order chi connectivity index (χ0) is 19.4. The lowest BCUT2D eigenvalue weighted by atomic mass is 9.87. The summed E-state index contributed by atoms with van der Waals surface area (Å²) in [5.74, 6) is 0.773. The van der Waals surface area contributed by atoms with Crippen LogP contribution in [0.3, 0.4) is 0 Å². The average molecular weight is 386 g/mol. The normalized spacial score (nSPS) is 18.0. The van der Waals surface area contributed by atoms with E-state index >= 15 is 0 Å². The Morgan fingerprint density at radius 1 is 0.926 bits per heavy atom. The Balaban J connectivity index is 1.89. The van der Waals surface area contributed by atoms with Gasteiger partial charge in [0.05, 0.1) is 10.5 Å². The smallest absolute Gasteiger partial charge is 0.340 e. The first-order valence-corrected chi connectivity index (χ1v) is 10.2. The number of sulfone groups is 1. The highest BCUT2D eigenvalue weighted by atomic mass is 32.2. The standard InChI is InChI=1S/C20H18O6S/c1-20(2)18(12-4-7-14(8-5-12)27(3,22)23)17(19(21)26-20)13-6-9-15-16(10-13)25-11-24-15/h4-10H,11H2,1-3H3. The molecule has 4 rings (SSSR count). The van der Waals surface area contributed by atoms with E-state index in [-0.39, 0.29) is 11.7 Å². The van der Waals surface area contributed by atoms with Crippen molar-refractivity contribution in [3.8, 4) is 11.5 Å². The second-order valence-corrected chi connectivity index (χ2v) is 9.03. The second-order valence-electron chi connectivity index (χ2n) is 7.01. The summed E-state index contributed by atoms with van der Waals surface area (Å²) >= 11 is 0. The van der Waals surface area contributed by atoms with E-state index < -0.39 is 21.4 Å². The maximum absolute atomic E-state index is 12.7. The quantitative estimate of drug-likeness (QED) is 0.755. The maximum atomic E-state index is 12.7. The molecule has 0 radical (unpaired) electrons. The number of rotatable bonds is 3. The molecule has 0 fully saturated rings. The summed E-state index contributed by atoms with van der Waals surface area (Å²) in [5, 5.41) is 0. The number of fused-ring (bicyclic) bond motifs is 1. The summed E-state index contributed by atoms with van der Waals surface area (Å²) in [6.45, 7) is 3.77. The zero-order valence-electron chi connectivity index (χ0n) is 15.1. The summed E-state index contributed by atoms with van der Waals surface area (Å²) < 4.78 is 39.8.